The van der Waals surface area contributed by atoms with Gasteiger partial charge in [-0.2, -0.15) is 0 Å². The third-order valence-corrected chi connectivity index (χ3v) is 4.68. The number of methoxy groups -OCH3 is 2. The van der Waals surface area contributed by atoms with E-state index in [1.165, 1.54) is 19.1 Å². The monoisotopic (exact) mass is 359 g/mol. The molecule has 0 N–H and O–H groups in total. The van der Waals surface area contributed by atoms with Crippen LogP contribution in [0.2, 0.25) is 0 Å². The Morgan fingerprint density at radius 1 is 1.31 bits per heavy atom. The summed E-state index contributed by atoms with van der Waals surface area (Å²) in [6.07, 6.45) is 3.21. The maximum absolute atomic E-state index is 12.7. The minimum absolute atomic E-state index is 0.131. The molecule has 0 bridgehead atoms. The van der Waals surface area contributed by atoms with E-state index in [1.54, 1.807) is 12.3 Å². The summed E-state index contributed by atoms with van der Waals surface area (Å²) in [5, 5.41) is 0. The van der Waals surface area contributed by atoms with Gasteiger partial charge in [-0.05, 0) is 17.6 Å². The van der Waals surface area contributed by atoms with Gasteiger partial charge in [-0.15, -0.1) is 6.58 Å². The summed E-state index contributed by atoms with van der Waals surface area (Å²) >= 11 is 0. The second-order valence-corrected chi connectivity index (χ2v) is 6.38. The molecule has 2 rings (SSSR count). The van der Waals surface area contributed by atoms with Crippen LogP contribution in [0.15, 0.2) is 54.8 Å². The predicted octanol–water partition coefficient (Wildman–Crippen LogP) is 3.29. The third kappa shape index (κ3) is 3.90. The van der Waals surface area contributed by atoms with Crippen LogP contribution in [-0.2, 0) is 25.6 Å². The van der Waals surface area contributed by atoms with E-state index in [4.69, 9.17) is 14.2 Å². The first kappa shape index (κ1) is 19.6. The van der Waals surface area contributed by atoms with E-state index in [0.717, 1.165) is 11.1 Å². The van der Waals surface area contributed by atoms with Crippen LogP contribution in [0.5, 0.6) is 0 Å². The topological polar surface area (TPSA) is 65.1 Å². The highest BCUT2D eigenvalue weighted by molar-refractivity contribution is 5.84. The van der Waals surface area contributed by atoms with E-state index in [1.807, 2.05) is 37.3 Å². The van der Waals surface area contributed by atoms with Crippen LogP contribution in [-0.4, -0.2) is 43.8 Å². The number of carbonyl (C=O) groups is 2. The molecule has 140 valence electrons. The number of nitrogens with zero attached hydrogens (tertiary/aromatic N) is 1. The van der Waals surface area contributed by atoms with Crippen LogP contribution < -0.4 is 0 Å². The van der Waals surface area contributed by atoms with Gasteiger partial charge in [-0.1, -0.05) is 43.3 Å². The first-order valence-electron chi connectivity index (χ1n) is 8.36. The number of amides is 1. The van der Waals surface area contributed by atoms with Gasteiger partial charge in [0.15, 0.2) is 0 Å². The van der Waals surface area contributed by atoms with Gasteiger partial charge in [0.05, 0.1) is 20.5 Å². The van der Waals surface area contributed by atoms with Crippen molar-refractivity contribution in [3.8, 4) is 0 Å². The normalized spacial score (nSPS) is 23.6. The Hall–Kier alpha value is -2.76. The van der Waals surface area contributed by atoms with Crippen molar-refractivity contribution in [3.63, 3.8) is 0 Å². The fraction of sp³-hybridized carbons (Fsp3) is 0.400. The largest absolute Gasteiger partial charge is 0.504 e. The first-order valence-corrected chi connectivity index (χ1v) is 8.36. The Morgan fingerprint density at radius 3 is 2.58 bits per heavy atom. The fourth-order valence-electron chi connectivity index (χ4n) is 3.30. The lowest BCUT2D eigenvalue weighted by atomic mass is 9.76. The highest BCUT2D eigenvalue weighted by Crippen LogP contribution is 2.45. The zero-order chi connectivity index (χ0) is 19.2. The van der Waals surface area contributed by atoms with Crippen molar-refractivity contribution < 1.29 is 23.8 Å². The number of rotatable bonds is 6. The van der Waals surface area contributed by atoms with Crippen molar-refractivity contribution in [2.24, 2.45) is 5.41 Å². The number of hydrogen-bond donors (Lipinski definition) is 0. The van der Waals surface area contributed by atoms with Crippen molar-refractivity contribution in [2.75, 3.05) is 20.8 Å². The Balaban J connectivity index is 2.26. The molecule has 0 radical (unpaired) electrons. The second kappa shape index (κ2) is 8.56. The Kier molecular flexibility index (Phi) is 6.44. The van der Waals surface area contributed by atoms with Gasteiger partial charge in [0, 0.05) is 12.0 Å². The van der Waals surface area contributed by atoms with E-state index < -0.39 is 23.5 Å². The molecule has 6 nitrogen and oxygen atoms in total. The number of likely N-dealkylation sites (tertiary alicyclic amines) is 1. The molecule has 6 heteroatoms. The highest BCUT2D eigenvalue weighted by atomic mass is 16.6. The van der Waals surface area contributed by atoms with E-state index in [0.29, 0.717) is 6.42 Å². The average molecular weight is 359 g/mol. The summed E-state index contributed by atoms with van der Waals surface area (Å²) in [6, 6.07) is 8.56. The van der Waals surface area contributed by atoms with Crippen molar-refractivity contribution in [1.29, 1.82) is 0 Å². The fourth-order valence-corrected chi connectivity index (χ4v) is 3.30. The predicted molar refractivity (Wildman–Crippen MR) is 97.2 cm³/mol. The molecule has 1 amide bonds. The molecule has 1 aromatic rings. The smallest absolute Gasteiger partial charge is 0.411 e. The molecule has 0 saturated carbocycles. The first-order chi connectivity index (χ1) is 12.5. The summed E-state index contributed by atoms with van der Waals surface area (Å²) in [6.45, 7) is 6.03. The number of allylic oxidation sites excluding steroid dienone is 1. The molecule has 2 atom stereocenters. The summed E-state index contributed by atoms with van der Waals surface area (Å²) in [4.78, 5) is 26.6. The summed E-state index contributed by atoms with van der Waals surface area (Å²) < 4.78 is 15.5. The zero-order valence-electron chi connectivity index (χ0n) is 15.4. The molecule has 0 spiro atoms. The quantitative estimate of drug-likeness (QED) is 0.443. The molecule has 1 heterocycles. The lowest BCUT2D eigenvalue weighted by Crippen LogP contribution is -2.47. The summed E-state index contributed by atoms with van der Waals surface area (Å²) in [5.41, 5.74) is 1.01. The SMILES string of the molecule is C=CCC1(C)/C(=C\OC)CN(C(=O)OCc2ccccc2)C1C(=O)OC. The maximum atomic E-state index is 12.7. The number of ether oxygens (including phenoxy) is 3. The molecule has 1 aliphatic rings. The number of esters is 1. The van der Waals surface area contributed by atoms with Gasteiger partial charge in [-0.3, -0.25) is 4.90 Å². The van der Waals surface area contributed by atoms with Crippen LogP contribution in [0.25, 0.3) is 0 Å². The maximum Gasteiger partial charge on any atom is 0.411 e. The molecule has 1 saturated heterocycles. The van der Waals surface area contributed by atoms with Crippen molar-refractivity contribution in [1.82, 2.24) is 4.90 Å². The Morgan fingerprint density at radius 2 is 2.00 bits per heavy atom. The van der Waals surface area contributed by atoms with Gasteiger partial charge in [0.2, 0.25) is 0 Å². The third-order valence-electron chi connectivity index (χ3n) is 4.68. The van der Waals surface area contributed by atoms with Crippen LogP contribution in [0.4, 0.5) is 4.79 Å². The van der Waals surface area contributed by atoms with Gasteiger partial charge in [0.1, 0.15) is 12.6 Å². The van der Waals surface area contributed by atoms with E-state index in [9.17, 15) is 9.59 Å². The van der Waals surface area contributed by atoms with Gasteiger partial charge >= 0.3 is 12.1 Å². The van der Waals surface area contributed by atoms with Crippen molar-refractivity contribution >= 4 is 12.1 Å². The lowest BCUT2D eigenvalue weighted by molar-refractivity contribution is -0.148. The molecule has 1 fully saturated rings. The standard InChI is InChI=1S/C20H25NO5/c1-5-11-20(2)16(14-24-3)12-21(17(20)18(22)25-4)19(23)26-13-15-9-7-6-8-10-15/h5-10,14,17H,1,11-13H2,2-4H3/b16-14-. The Bertz CT molecular complexity index is 685. The average Bonchev–Trinajstić information content (AvgIpc) is 2.93. The van der Waals surface area contributed by atoms with Crippen LogP contribution in [0, 0.1) is 5.41 Å². The van der Waals surface area contributed by atoms with Gasteiger partial charge in [-0.25, -0.2) is 9.59 Å². The summed E-state index contributed by atoms with van der Waals surface area (Å²) in [7, 11) is 2.84. The van der Waals surface area contributed by atoms with Gasteiger partial charge in [0.25, 0.3) is 0 Å². The minimum Gasteiger partial charge on any atom is -0.504 e. The summed E-state index contributed by atoms with van der Waals surface area (Å²) in [5.74, 6) is -0.495. The molecule has 1 aliphatic heterocycles. The molecule has 0 aromatic heterocycles. The zero-order valence-corrected chi connectivity index (χ0v) is 15.4. The molecule has 1 aromatic carbocycles. The van der Waals surface area contributed by atoms with E-state index in [-0.39, 0.29) is 13.2 Å². The highest BCUT2D eigenvalue weighted by Gasteiger charge is 2.54. The number of benzene rings is 1. The lowest BCUT2D eigenvalue weighted by Gasteiger charge is -2.32. The van der Waals surface area contributed by atoms with Crippen molar-refractivity contribution in [3.05, 3.63) is 60.4 Å². The van der Waals surface area contributed by atoms with E-state index >= 15 is 0 Å². The molecular formula is C20H25NO5. The van der Waals surface area contributed by atoms with Gasteiger partial charge < -0.3 is 14.2 Å². The van der Waals surface area contributed by atoms with E-state index in [2.05, 4.69) is 6.58 Å². The second-order valence-electron chi connectivity index (χ2n) is 6.38. The number of carbonyl (C=O) groups excluding carboxylic acids is 2. The van der Waals surface area contributed by atoms with Crippen LogP contribution in [0.3, 0.4) is 0 Å². The van der Waals surface area contributed by atoms with Crippen LogP contribution >= 0.6 is 0 Å². The van der Waals surface area contributed by atoms with Crippen molar-refractivity contribution in [2.45, 2.75) is 26.0 Å². The Labute approximate surface area is 154 Å². The minimum atomic E-state index is -0.810. The molecule has 26 heavy (non-hydrogen) atoms. The molecular weight excluding hydrogens is 334 g/mol. The molecule has 0 aliphatic carbocycles. The van der Waals surface area contributed by atoms with Crippen LogP contribution in [0.1, 0.15) is 18.9 Å². The molecule has 2 unspecified atom stereocenters. The number of hydrogen-bond acceptors (Lipinski definition) is 5.